The number of methoxy groups -OCH3 is 2. The van der Waals surface area contributed by atoms with Gasteiger partial charge in [-0.05, 0) is 47.9 Å². The number of carbonyl (C=O) groups excluding carboxylic acids is 4. The van der Waals surface area contributed by atoms with Crippen LogP contribution in [0.15, 0.2) is 65.9 Å². The molecule has 0 aliphatic heterocycles. The van der Waals surface area contributed by atoms with Crippen molar-refractivity contribution in [2.75, 3.05) is 47.4 Å². The third-order valence-electron chi connectivity index (χ3n) is 8.21. The molecule has 1 saturated carbocycles. The molecule has 2 aromatic carbocycles. The van der Waals surface area contributed by atoms with Crippen LogP contribution in [-0.4, -0.2) is 92.5 Å². The Balaban J connectivity index is 1.36. The number of carbonyl (C=O) groups is 4. The summed E-state index contributed by atoms with van der Waals surface area (Å²) in [6.07, 6.45) is 7.08. The first kappa shape index (κ1) is 36.2. The topological polar surface area (TPSA) is 179 Å². The lowest BCUT2D eigenvalue weighted by molar-refractivity contribution is -0.129. The summed E-state index contributed by atoms with van der Waals surface area (Å²) in [4.78, 5) is 61.6. The standard InChI is InChI=1S/C35H44N8O6/c1-5-18-43(31(45)23-40-34(47)49-4)19-17-37-20-28(36-2)26-11-7-24(8-12-26)25-9-13-27(14-10-25)29-21-38-32(41-29)35(15-6-16-35)42-30(44)22-39-33(46)48-3/h7-14,17,20-21,36H,5-6,15-16,18-19,22-23H2,1-4H3,(H,38,41)(H,39,46)(H,40,47)(H,42,44)/b28-20-,37-17?. The minimum atomic E-state index is -0.659. The SMILES string of the molecule is CCCN(CC=N/C=C(\NC)c1ccc(-c2ccc(-c3cnc(C4(NC(=O)CNC(=O)OC)CCC4)[nH]3)cc2)cc1)C(=O)CNC(=O)OC. The van der Waals surface area contributed by atoms with Gasteiger partial charge in [0.1, 0.15) is 18.9 Å². The number of ether oxygens (including phenoxy) is 2. The van der Waals surface area contributed by atoms with Crippen LogP contribution in [0.1, 0.15) is 44.0 Å². The summed E-state index contributed by atoms with van der Waals surface area (Å²) in [6, 6.07) is 16.3. The average Bonchev–Trinajstić information content (AvgIpc) is 3.61. The molecule has 14 heteroatoms. The molecule has 1 fully saturated rings. The van der Waals surface area contributed by atoms with Crippen LogP contribution in [0.2, 0.25) is 0 Å². The van der Waals surface area contributed by atoms with E-state index in [0.717, 1.165) is 59.3 Å². The van der Waals surface area contributed by atoms with Gasteiger partial charge in [0.15, 0.2) is 0 Å². The number of hydrogen-bond donors (Lipinski definition) is 5. The highest BCUT2D eigenvalue weighted by Gasteiger charge is 2.42. The Morgan fingerprint density at radius 1 is 0.939 bits per heavy atom. The van der Waals surface area contributed by atoms with Gasteiger partial charge in [-0.25, -0.2) is 14.6 Å². The Bertz CT molecular complexity index is 1640. The molecule has 0 atom stereocenters. The zero-order valence-corrected chi connectivity index (χ0v) is 28.3. The molecule has 1 aliphatic carbocycles. The van der Waals surface area contributed by atoms with Crippen LogP contribution >= 0.6 is 0 Å². The molecule has 1 aromatic heterocycles. The number of nitrogens with zero attached hydrogens (tertiary/aromatic N) is 3. The number of imidazole rings is 1. The molecular weight excluding hydrogens is 628 g/mol. The number of benzene rings is 2. The van der Waals surface area contributed by atoms with Gasteiger partial charge in [0.25, 0.3) is 0 Å². The van der Waals surface area contributed by atoms with Crippen molar-refractivity contribution in [3.63, 3.8) is 0 Å². The molecule has 5 N–H and O–H groups in total. The number of aromatic amines is 1. The van der Waals surface area contributed by atoms with E-state index in [1.54, 1.807) is 23.5 Å². The second-order valence-corrected chi connectivity index (χ2v) is 11.4. The zero-order chi connectivity index (χ0) is 35.2. The highest BCUT2D eigenvalue weighted by Crippen LogP contribution is 2.40. The second kappa shape index (κ2) is 17.5. The molecule has 3 aromatic rings. The summed E-state index contributed by atoms with van der Waals surface area (Å²) in [5.41, 5.74) is 5.08. The third-order valence-corrected chi connectivity index (χ3v) is 8.21. The predicted molar refractivity (Wildman–Crippen MR) is 186 cm³/mol. The molecule has 0 bridgehead atoms. The predicted octanol–water partition coefficient (Wildman–Crippen LogP) is 3.78. The Kier molecular flexibility index (Phi) is 12.9. The lowest BCUT2D eigenvalue weighted by atomic mass is 9.76. The van der Waals surface area contributed by atoms with E-state index in [1.807, 2.05) is 62.5 Å². The number of nitrogens with one attached hydrogen (secondary N) is 5. The normalized spacial score (nSPS) is 13.6. The Labute approximate surface area is 285 Å². The number of aliphatic imine (C=N–C) groups is 1. The van der Waals surface area contributed by atoms with Crippen molar-refractivity contribution in [2.24, 2.45) is 4.99 Å². The highest BCUT2D eigenvalue weighted by molar-refractivity contribution is 5.84. The smallest absolute Gasteiger partial charge is 0.407 e. The van der Waals surface area contributed by atoms with Crippen molar-refractivity contribution in [3.05, 3.63) is 72.3 Å². The first-order valence-electron chi connectivity index (χ1n) is 16.1. The molecule has 0 spiro atoms. The van der Waals surface area contributed by atoms with Crippen LogP contribution in [0.5, 0.6) is 0 Å². The van der Waals surface area contributed by atoms with E-state index in [1.165, 1.54) is 14.2 Å². The summed E-state index contributed by atoms with van der Waals surface area (Å²) >= 11 is 0. The number of amides is 4. The Morgan fingerprint density at radius 2 is 1.55 bits per heavy atom. The molecule has 0 unspecified atom stereocenters. The summed E-state index contributed by atoms with van der Waals surface area (Å²) in [5, 5.41) is 11.0. The maximum Gasteiger partial charge on any atom is 0.407 e. The largest absolute Gasteiger partial charge is 0.453 e. The van der Waals surface area contributed by atoms with E-state index in [0.29, 0.717) is 18.9 Å². The Hall–Kier alpha value is -5.66. The molecule has 0 saturated heterocycles. The Morgan fingerprint density at radius 3 is 2.12 bits per heavy atom. The van der Waals surface area contributed by atoms with Gasteiger partial charge in [0.2, 0.25) is 11.8 Å². The van der Waals surface area contributed by atoms with E-state index < -0.39 is 17.7 Å². The number of hydrogen-bond acceptors (Lipinski definition) is 9. The first-order valence-corrected chi connectivity index (χ1v) is 16.1. The maximum atomic E-state index is 12.5. The minimum Gasteiger partial charge on any atom is -0.453 e. The fourth-order valence-electron chi connectivity index (χ4n) is 5.36. The molecule has 260 valence electrons. The lowest BCUT2D eigenvalue weighted by Gasteiger charge is -2.40. The molecule has 49 heavy (non-hydrogen) atoms. The quantitative estimate of drug-likeness (QED) is 0.151. The van der Waals surface area contributed by atoms with Crippen molar-refractivity contribution >= 4 is 35.9 Å². The van der Waals surface area contributed by atoms with E-state index in [9.17, 15) is 19.2 Å². The molecule has 4 amide bonds. The van der Waals surface area contributed by atoms with Crippen LogP contribution < -0.4 is 21.3 Å². The average molecular weight is 673 g/mol. The van der Waals surface area contributed by atoms with Crippen molar-refractivity contribution < 1.29 is 28.7 Å². The number of aromatic nitrogens is 2. The molecular formula is C35H44N8O6. The van der Waals surface area contributed by atoms with Crippen molar-refractivity contribution in [1.29, 1.82) is 0 Å². The van der Waals surface area contributed by atoms with Gasteiger partial charge in [-0.3, -0.25) is 14.6 Å². The van der Waals surface area contributed by atoms with Crippen LogP contribution in [0.4, 0.5) is 9.59 Å². The maximum absolute atomic E-state index is 12.5. The van der Waals surface area contributed by atoms with Gasteiger partial charge in [0.05, 0.1) is 50.1 Å². The van der Waals surface area contributed by atoms with Gasteiger partial charge >= 0.3 is 12.2 Å². The van der Waals surface area contributed by atoms with E-state index >= 15 is 0 Å². The van der Waals surface area contributed by atoms with Crippen LogP contribution in [0.25, 0.3) is 28.1 Å². The number of H-pyrrole nitrogens is 1. The van der Waals surface area contributed by atoms with Crippen molar-refractivity contribution in [1.82, 2.24) is 36.1 Å². The van der Waals surface area contributed by atoms with Gasteiger partial charge in [-0.1, -0.05) is 55.5 Å². The molecule has 14 nitrogen and oxygen atoms in total. The first-order chi connectivity index (χ1) is 23.7. The van der Waals surface area contributed by atoms with Gasteiger partial charge in [-0.2, -0.15) is 0 Å². The van der Waals surface area contributed by atoms with Gasteiger partial charge in [-0.15, -0.1) is 0 Å². The zero-order valence-electron chi connectivity index (χ0n) is 28.3. The third kappa shape index (κ3) is 9.69. The highest BCUT2D eigenvalue weighted by atomic mass is 16.5. The van der Waals surface area contributed by atoms with Crippen molar-refractivity contribution in [2.45, 2.75) is 38.1 Å². The van der Waals surface area contributed by atoms with E-state index in [-0.39, 0.29) is 24.9 Å². The lowest BCUT2D eigenvalue weighted by Crippen LogP contribution is -2.53. The van der Waals surface area contributed by atoms with Crippen LogP contribution in [-0.2, 0) is 24.6 Å². The minimum absolute atomic E-state index is 0.140. The number of alkyl carbamates (subject to hydrolysis) is 2. The molecule has 1 aliphatic rings. The summed E-state index contributed by atoms with van der Waals surface area (Å²) < 4.78 is 9.06. The fraction of sp³-hybridized carbons (Fsp3) is 0.371. The number of rotatable bonds is 15. The van der Waals surface area contributed by atoms with Gasteiger partial charge in [0, 0.05) is 19.8 Å². The van der Waals surface area contributed by atoms with Crippen LogP contribution in [0, 0.1) is 0 Å². The monoisotopic (exact) mass is 672 g/mol. The molecule has 1 heterocycles. The van der Waals surface area contributed by atoms with Crippen LogP contribution in [0.3, 0.4) is 0 Å². The van der Waals surface area contributed by atoms with Gasteiger partial charge < -0.3 is 40.6 Å². The fourth-order valence-corrected chi connectivity index (χ4v) is 5.36. The van der Waals surface area contributed by atoms with Crippen molar-refractivity contribution in [3.8, 4) is 22.4 Å². The molecule has 4 rings (SSSR count). The summed E-state index contributed by atoms with van der Waals surface area (Å²) in [6.45, 7) is 2.51. The second-order valence-electron chi connectivity index (χ2n) is 11.4. The van der Waals surface area contributed by atoms with E-state index in [4.69, 9.17) is 0 Å². The molecule has 0 radical (unpaired) electrons. The summed E-state index contributed by atoms with van der Waals surface area (Å²) in [7, 11) is 4.32. The summed E-state index contributed by atoms with van der Waals surface area (Å²) in [5.74, 6) is 0.167. The van der Waals surface area contributed by atoms with E-state index in [2.05, 4.69) is 45.7 Å².